The highest BCUT2D eigenvalue weighted by atomic mass is 32.1. The van der Waals surface area contributed by atoms with Crippen molar-refractivity contribution in [2.45, 2.75) is 0 Å². The van der Waals surface area contributed by atoms with Gasteiger partial charge in [0.1, 0.15) is 5.69 Å². The molecule has 0 aromatic carbocycles. The summed E-state index contributed by atoms with van der Waals surface area (Å²) >= 11 is 3.61. The molecule has 0 atom stereocenters. The molecule has 0 bridgehead atoms. The van der Waals surface area contributed by atoms with E-state index in [1.807, 2.05) is 0 Å². The first-order chi connectivity index (χ1) is 8.75. The summed E-state index contributed by atoms with van der Waals surface area (Å²) in [5, 5.41) is 6.66. The first-order valence-electron chi connectivity index (χ1n) is 5.19. The molecule has 0 radical (unpaired) electrons. The third kappa shape index (κ3) is 1.85. The summed E-state index contributed by atoms with van der Waals surface area (Å²) in [6, 6.07) is 5.97. The zero-order valence-corrected chi connectivity index (χ0v) is 10.7. The SMILES string of the molecule is O=C1Nc2cc[nH]c2C1=O.c1cc2sccc2s1. The topological polar surface area (TPSA) is 62.0 Å². The predicted octanol–water partition coefficient (Wildman–Crippen LogP) is 3.11. The van der Waals surface area contributed by atoms with Crippen molar-refractivity contribution in [3.63, 3.8) is 0 Å². The van der Waals surface area contributed by atoms with Gasteiger partial charge in [0.25, 0.3) is 11.7 Å². The Morgan fingerprint density at radius 1 is 0.944 bits per heavy atom. The van der Waals surface area contributed by atoms with E-state index in [2.05, 4.69) is 33.2 Å². The van der Waals surface area contributed by atoms with Crippen molar-refractivity contribution in [2.75, 3.05) is 5.32 Å². The molecule has 1 amide bonds. The maximum atomic E-state index is 10.8. The van der Waals surface area contributed by atoms with Crippen molar-refractivity contribution in [3.05, 3.63) is 40.8 Å². The van der Waals surface area contributed by atoms with Crippen LogP contribution in [-0.4, -0.2) is 16.7 Å². The normalized spacial score (nSPS) is 13.1. The van der Waals surface area contributed by atoms with Crippen LogP contribution in [0.1, 0.15) is 10.5 Å². The minimum atomic E-state index is -0.554. The number of aromatic amines is 1. The molecule has 1 aliphatic rings. The second-order valence-corrected chi connectivity index (χ2v) is 5.51. The summed E-state index contributed by atoms with van der Waals surface area (Å²) in [4.78, 5) is 24.1. The summed E-state index contributed by atoms with van der Waals surface area (Å²) in [5.74, 6) is -1.04. The summed E-state index contributed by atoms with van der Waals surface area (Å²) in [5.41, 5.74) is 0.944. The van der Waals surface area contributed by atoms with Crippen LogP contribution in [0.4, 0.5) is 5.69 Å². The quantitative estimate of drug-likeness (QED) is 0.620. The fourth-order valence-corrected chi connectivity index (χ4v) is 3.48. The van der Waals surface area contributed by atoms with Crippen molar-refractivity contribution >= 4 is 49.5 Å². The average molecular weight is 276 g/mol. The van der Waals surface area contributed by atoms with Gasteiger partial charge in [0, 0.05) is 15.6 Å². The number of aromatic nitrogens is 1. The third-order valence-corrected chi connectivity index (χ3v) is 4.39. The van der Waals surface area contributed by atoms with E-state index in [1.54, 1.807) is 34.9 Å². The minimum absolute atomic E-state index is 0.366. The van der Waals surface area contributed by atoms with Crippen LogP contribution in [0.15, 0.2) is 35.2 Å². The molecule has 3 aromatic heterocycles. The average Bonchev–Trinajstić information content (AvgIpc) is 3.05. The molecule has 0 saturated heterocycles. The van der Waals surface area contributed by atoms with Crippen LogP contribution in [0, 0.1) is 0 Å². The molecule has 90 valence electrons. The maximum absolute atomic E-state index is 10.8. The summed E-state index contributed by atoms with van der Waals surface area (Å²) in [7, 11) is 0. The number of hydrogen-bond donors (Lipinski definition) is 2. The molecule has 0 spiro atoms. The van der Waals surface area contributed by atoms with E-state index in [9.17, 15) is 9.59 Å². The standard InChI is InChI=1S/C6H4N2O2.C6H4S2/c9-5-4-3(1-2-7-4)8-6(5)10;1-3-7-6-2-4-8-5(1)6/h1-2,7H,(H,8,9,10);1-4H. The van der Waals surface area contributed by atoms with Crippen molar-refractivity contribution in [1.29, 1.82) is 0 Å². The van der Waals surface area contributed by atoms with Gasteiger partial charge in [-0.2, -0.15) is 0 Å². The van der Waals surface area contributed by atoms with Gasteiger partial charge in [-0.25, -0.2) is 0 Å². The van der Waals surface area contributed by atoms with E-state index in [4.69, 9.17) is 0 Å². The highest BCUT2D eigenvalue weighted by Gasteiger charge is 2.28. The zero-order chi connectivity index (χ0) is 12.5. The smallest absolute Gasteiger partial charge is 0.298 e. The number of fused-ring (bicyclic) bond motifs is 2. The number of ketones is 1. The van der Waals surface area contributed by atoms with Gasteiger partial charge in [-0.05, 0) is 29.0 Å². The first-order valence-corrected chi connectivity index (χ1v) is 6.95. The number of Topliss-reactive ketones (excluding diaryl/α,β-unsaturated/α-hetero) is 1. The fourth-order valence-electron chi connectivity index (χ4n) is 1.65. The van der Waals surface area contributed by atoms with E-state index in [0.717, 1.165) is 0 Å². The minimum Gasteiger partial charge on any atom is -0.357 e. The summed E-state index contributed by atoms with van der Waals surface area (Å²) in [6.07, 6.45) is 1.61. The Kier molecular flexibility index (Phi) is 2.73. The Bertz CT molecular complexity index is 672. The predicted molar refractivity (Wildman–Crippen MR) is 73.5 cm³/mol. The lowest BCUT2D eigenvalue weighted by atomic mass is 10.3. The van der Waals surface area contributed by atoms with Crippen molar-refractivity contribution < 1.29 is 9.59 Å². The lowest BCUT2D eigenvalue weighted by Gasteiger charge is -1.83. The highest BCUT2D eigenvalue weighted by Crippen LogP contribution is 2.25. The van der Waals surface area contributed by atoms with Gasteiger partial charge in [0.15, 0.2) is 0 Å². The molecule has 18 heavy (non-hydrogen) atoms. The largest absolute Gasteiger partial charge is 0.357 e. The molecule has 0 unspecified atom stereocenters. The van der Waals surface area contributed by atoms with Gasteiger partial charge in [-0.15, -0.1) is 22.7 Å². The second kappa shape index (κ2) is 4.40. The van der Waals surface area contributed by atoms with Crippen molar-refractivity contribution in [2.24, 2.45) is 0 Å². The highest BCUT2D eigenvalue weighted by molar-refractivity contribution is 7.25. The summed E-state index contributed by atoms with van der Waals surface area (Å²) < 4.78 is 2.82. The van der Waals surface area contributed by atoms with E-state index in [0.29, 0.717) is 11.4 Å². The Balaban J connectivity index is 0.000000114. The first kappa shape index (κ1) is 11.2. The monoisotopic (exact) mass is 276 g/mol. The van der Waals surface area contributed by atoms with Crippen LogP contribution >= 0.6 is 22.7 Å². The molecule has 1 aliphatic heterocycles. The lowest BCUT2D eigenvalue weighted by Crippen LogP contribution is -2.13. The van der Waals surface area contributed by atoms with Gasteiger partial charge < -0.3 is 10.3 Å². The molecule has 4 heterocycles. The second-order valence-electron chi connectivity index (χ2n) is 3.62. The lowest BCUT2D eigenvalue weighted by molar-refractivity contribution is -0.112. The molecule has 0 saturated carbocycles. The molecule has 2 N–H and O–H groups in total. The number of rotatable bonds is 0. The third-order valence-electron chi connectivity index (χ3n) is 2.50. The van der Waals surface area contributed by atoms with Crippen LogP contribution in [0.25, 0.3) is 9.40 Å². The molecule has 0 fully saturated rings. The summed E-state index contributed by atoms with van der Waals surface area (Å²) in [6.45, 7) is 0. The molecule has 6 heteroatoms. The number of H-pyrrole nitrogens is 1. The maximum Gasteiger partial charge on any atom is 0.298 e. The van der Waals surface area contributed by atoms with E-state index < -0.39 is 11.7 Å². The number of amides is 1. The van der Waals surface area contributed by atoms with Crippen LogP contribution in [-0.2, 0) is 4.79 Å². The van der Waals surface area contributed by atoms with Gasteiger partial charge in [0.05, 0.1) is 5.69 Å². The molecular weight excluding hydrogens is 268 g/mol. The number of anilines is 1. The Labute approximate surface area is 110 Å². The number of thiophene rings is 2. The van der Waals surface area contributed by atoms with Crippen molar-refractivity contribution in [1.82, 2.24) is 4.98 Å². The van der Waals surface area contributed by atoms with Gasteiger partial charge in [-0.1, -0.05) is 0 Å². The van der Waals surface area contributed by atoms with Crippen LogP contribution in [0.2, 0.25) is 0 Å². The van der Waals surface area contributed by atoms with Crippen LogP contribution in [0.5, 0.6) is 0 Å². The number of hydrogen-bond acceptors (Lipinski definition) is 4. The molecular formula is C12H8N2O2S2. The number of carbonyl (C=O) groups is 2. The molecule has 4 nitrogen and oxygen atoms in total. The Morgan fingerprint density at radius 3 is 2.22 bits per heavy atom. The van der Waals surface area contributed by atoms with Crippen molar-refractivity contribution in [3.8, 4) is 0 Å². The fraction of sp³-hybridized carbons (Fsp3) is 0. The van der Waals surface area contributed by atoms with Gasteiger partial charge in [0.2, 0.25) is 0 Å². The zero-order valence-electron chi connectivity index (χ0n) is 9.10. The molecule has 0 aliphatic carbocycles. The van der Waals surface area contributed by atoms with Gasteiger partial charge >= 0.3 is 0 Å². The molecule has 3 aromatic rings. The number of carbonyl (C=O) groups excluding carboxylic acids is 2. The van der Waals surface area contributed by atoms with Crippen LogP contribution < -0.4 is 5.32 Å². The molecule has 4 rings (SSSR count). The Hall–Kier alpha value is -1.92. The Morgan fingerprint density at radius 2 is 1.61 bits per heavy atom. The van der Waals surface area contributed by atoms with Crippen LogP contribution in [0.3, 0.4) is 0 Å². The number of nitrogens with one attached hydrogen (secondary N) is 2. The van der Waals surface area contributed by atoms with E-state index in [1.165, 1.54) is 9.40 Å². The van der Waals surface area contributed by atoms with E-state index in [-0.39, 0.29) is 0 Å². The van der Waals surface area contributed by atoms with E-state index >= 15 is 0 Å². The van der Waals surface area contributed by atoms with Gasteiger partial charge in [-0.3, -0.25) is 9.59 Å².